The Morgan fingerprint density at radius 3 is 1.24 bits per heavy atom. The van der Waals surface area contributed by atoms with Gasteiger partial charge in [0.1, 0.15) is 28.5 Å². The number of carbonyl (C=O) groups is 9. The molecule has 0 saturated carbocycles. The number of nitrogens with zero attached hydrogens (tertiary/aromatic N) is 9. The Bertz CT molecular complexity index is 3880. The molecular weight excluding hydrogens is 1230 g/mol. The van der Waals surface area contributed by atoms with E-state index in [4.69, 9.17) is 0 Å². The number of thiophene rings is 1. The number of imidazole rings is 1. The molecule has 0 radical (unpaired) electrons. The summed E-state index contributed by atoms with van der Waals surface area (Å²) in [6, 6.07) is 10.8. The van der Waals surface area contributed by atoms with Crippen LogP contribution in [0.25, 0.3) is 0 Å². The van der Waals surface area contributed by atoms with Crippen molar-refractivity contribution in [3.8, 4) is 0 Å². The summed E-state index contributed by atoms with van der Waals surface area (Å²) in [4.78, 5) is 126. The Morgan fingerprint density at radius 1 is 0.452 bits per heavy atom. The van der Waals surface area contributed by atoms with Crippen molar-refractivity contribution < 1.29 is 43.2 Å². The number of ketones is 1. The molecule has 0 fully saturated rings. The second kappa shape index (κ2) is 26.0. The molecule has 0 bridgehead atoms. The fraction of sp³-hybridized carbons (Fsp3) is 0.273. The number of halogens is 2. The lowest BCUT2D eigenvalue weighted by Gasteiger charge is -2.10. The zero-order valence-corrected chi connectivity index (χ0v) is 51.2. The van der Waals surface area contributed by atoms with Gasteiger partial charge < -0.3 is 79.4 Å². The van der Waals surface area contributed by atoms with Crippen molar-refractivity contribution in [2.24, 2.45) is 49.3 Å². The summed E-state index contributed by atoms with van der Waals surface area (Å²) >= 11 is 8.02. The van der Waals surface area contributed by atoms with Crippen LogP contribution in [-0.2, 0) is 54.1 Å². The van der Waals surface area contributed by atoms with E-state index in [0.29, 0.717) is 51.2 Å². The average Bonchev–Trinajstić information content (AvgIpc) is 4.23. The van der Waals surface area contributed by atoms with E-state index < -0.39 is 35.4 Å². The van der Waals surface area contributed by atoms with Crippen LogP contribution in [0.15, 0.2) is 94.1 Å². The van der Waals surface area contributed by atoms with Crippen LogP contribution >= 0.6 is 43.2 Å². The maximum Gasteiger partial charge on any atom is 0.291 e. The number of hydrogen-bond acceptors (Lipinski definition) is 12. The van der Waals surface area contributed by atoms with Crippen molar-refractivity contribution in [3.63, 3.8) is 0 Å². The van der Waals surface area contributed by atoms with E-state index in [-0.39, 0.29) is 77.0 Å². The molecule has 0 unspecified atom stereocenters. The molecule has 0 spiro atoms. The van der Waals surface area contributed by atoms with Crippen LogP contribution in [-0.4, -0.2) is 122 Å². The Labute approximate surface area is 502 Å². The highest BCUT2D eigenvalue weighted by Crippen LogP contribution is 2.33. The average molecular weight is 1300 g/mol. The molecule has 0 saturated heterocycles. The van der Waals surface area contributed by atoms with Gasteiger partial charge in [0, 0.05) is 117 Å². The molecule has 8 rings (SSSR count). The zero-order chi connectivity index (χ0) is 60.8. The second-order valence-corrected chi connectivity index (χ2v) is 23.3. The van der Waals surface area contributed by atoms with Crippen LogP contribution in [0.1, 0.15) is 109 Å². The molecule has 0 aliphatic rings. The molecule has 0 atom stereocenters. The molecule has 29 heteroatoms. The van der Waals surface area contributed by atoms with Crippen molar-refractivity contribution in [2.75, 3.05) is 64.4 Å². The molecule has 26 nitrogen and oxygen atoms in total. The largest absolute Gasteiger partial charge is 0.351 e. The molecule has 8 aromatic heterocycles. The lowest BCUT2D eigenvalue weighted by atomic mass is 10.1. The highest BCUT2D eigenvalue weighted by molar-refractivity contribution is 9.13. The first-order valence-electron chi connectivity index (χ1n) is 25.9. The molecule has 0 aliphatic carbocycles. The maximum atomic E-state index is 13.5. The summed E-state index contributed by atoms with van der Waals surface area (Å²) in [5.41, 5.74) is 3.74. The highest BCUT2D eigenvalue weighted by atomic mass is 79.9. The van der Waals surface area contributed by atoms with Gasteiger partial charge in [-0.05, 0) is 108 Å². The third-order valence-corrected chi connectivity index (χ3v) is 16.4. The molecule has 8 amide bonds. The maximum absolute atomic E-state index is 13.5. The minimum absolute atomic E-state index is 0.00648. The van der Waals surface area contributed by atoms with Crippen molar-refractivity contribution in [3.05, 3.63) is 139 Å². The van der Waals surface area contributed by atoms with Crippen LogP contribution < -0.4 is 42.5 Å². The molecular formula is C55H61Br2N17O9S. The van der Waals surface area contributed by atoms with E-state index in [0.717, 1.165) is 21.2 Å². The molecule has 0 aromatic carbocycles. The normalized spacial score (nSPS) is 11.1. The Balaban J connectivity index is 0.772. The van der Waals surface area contributed by atoms with Crippen LogP contribution in [0.5, 0.6) is 0 Å². The first-order chi connectivity index (χ1) is 39.8. The predicted molar refractivity (Wildman–Crippen MR) is 325 cm³/mol. The van der Waals surface area contributed by atoms with Crippen LogP contribution in [0.3, 0.4) is 0 Å². The number of nitrogens with one attached hydrogen (secondary N) is 8. The fourth-order valence-electron chi connectivity index (χ4n) is 8.99. The highest BCUT2D eigenvalue weighted by Gasteiger charge is 2.24. The quantitative estimate of drug-likeness (QED) is 0.0233. The predicted octanol–water partition coefficient (Wildman–Crippen LogP) is 7.22. The van der Waals surface area contributed by atoms with Gasteiger partial charge in [-0.2, -0.15) is 0 Å². The summed E-state index contributed by atoms with van der Waals surface area (Å²) in [6.07, 6.45) is 11.9. The number of amides is 8. The van der Waals surface area contributed by atoms with Crippen LogP contribution in [0.4, 0.5) is 39.9 Å². The second-order valence-electron chi connectivity index (χ2n) is 20.1. The minimum atomic E-state index is -0.623. The molecule has 0 aliphatic heterocycles. The van der Waals surface area contributed by atoms with E-state index >= 15 is 0 Å². The Morgan fingerprint density at radius 2 is 0.833 bits per heavy atom. The van der Waals surface area contributed by atoms with Crippen LogP contribution in [0, 0.1) is 0 Å². The van der Waals surface area contributed by atoms with E-state index in [2.05, 4.69) is 79.4 Å². The van der Waals surface area contributed by atoms with E-state index in [1.54, 1.807) is 128 Å². The van der Waals surface area contributed by atoms with Gasteiger partial charge in [0.15, 0.2) is 11.6 Å². The Kier molecular flexibility index (Phi) is 18.9. The van der Waals surface area contributed by atoms with E-state index in [1.807, 2.05) is 19.0 Å². The minimum Gasteiger partial charge on any atom is -0.351 e. The molecule has 440 valence electrons. The van der Waals surface area contributed by atoms with Gasteiger partial charge in [0.05, 0.1) is 48.5 Å². The van der Waals surface area contributed by atoms with Crippen LogP contribution in [0.2, 0.25) is 0 Å². The molecule has 8 aromatic rings. The smallest absolute Gasteiger partial charge is 0.291 e. The van der Waals surface area contributed by atoms with E-state index in [9.17, 15) is 43.2 Å². The number of hydrogen-bond donors (Lipinski definition) is 8. The first-order valence-corrected chi connectivity index (χ1v) is 28.3. The van der Waals surface area contributed by atoms with Crippen molar-refractivity contribution in [1.82, 2.24) is 47.2 Å². The SMILES string of the molecule is CN(C)CCCNC(=O)c1cc(NC(=O)c2cc(NC(=O)c3cc(NC(=O)c4nc(NC(=O)CCCC(=O)c5cc(NC(=O)c6cc(NC(=O)c7cc(NC(=O)c8cc(Br)c(Br)s8)cn7C)cn6C)cn5C)cn4C)cn3C)cn2C)cn1C. The summed E-state index contributed by atoms with van der Waals surface area (Å²) < 4.78 is 12.3. The van der Waals surface area contributed by atoms with Gasteiger partial charge in [-0.15, -0.1) is 11.3 Å². The summed E-state index contributed by atoms with van der Waals surface area (Å²) in [6.45, 7) is 1.34. The monoisotopic (exact) mass is 1290 g/mol. The Hall–Kier alpha value is -9.06. The summed E-state index contributed by atoms with van der Waals surface area (Å²) in [5.74, 6) is -3.82. The van der Waals surface area contributed by atoms with Gasteiger partial charge in [-0.1, -0.05) is 0 Å². The number of rotatable bonds is 23. The first kappa shape index (κ1) is 61.0. The van der Waals surface area contributed by atoms with Gasteiger partial charge >= 0.3 is 0 Å². The summed E-state index contributed by atoms with van der Waals surface area (Å²) in [5, 5.41) is 22.3. The van der Waals surface area contributed by atoms with Crippen molar-refractivity contribution in [1.29, 1.82) is 0 Å². The fourth-order valence-corrected chi connectivity index (χ4v) is 10.9. The van der Waals surface area contributed by atoms with Gasteiger partial charge in [0.2, 0.25) is 11.7 Å². The van der Waals surface area contributed by atoms with Gasteiger partial charge in [-0.25, -0.2) is 4.98 Å². The van der Waals surface area contributed by atoms with Gasteiger partial charge in [-0.3, -0.25) is 43.2 Å². The number of carbonyl (C=O) groups excluding carboxylic acids is 9. The number of aromatic nitrogens is 8. The number of aryl methyl sites for hydroxylation is 7. The zero-order valence-electron chi connectivity index (χ0n) is 47.2. The molecule has 8 heterocycles. The third kappa shape index (κ3) is 14.8. The lowest BCUT2D eigenvalue weighted by Crippen LogP contribution is -2.28. The third-order valence-electron chi connectivity index (χ3n) is 13.1. The summed E-state index contributed by atoms with van der Waals surface area (Å²) in [7, 11) is 15.5. The van der Waals surface area contributed by atoms with Crippen molar-refractivity contribution in [2.45, 2.75) is 25.7 Å². The topological polar surface area (TPSA) is 301 Å². The number of Topliss-reactive ketones (excluding diaryl/α,β-unsaturated/α-hetero) is 1. The van der Waals surface area contributed by atoms with Gasteiger partial charge in [0.25, 0.3) is 41.4 Å². The van der Waals surface area contributed by atoms with Crippen molar-refractivity contribution >= 4 is 136 Å². The lowest BCUT2D eigenvalue weighted by molar-refractivity contribution is -0.116. The molecule has 84 heavy (non-hydrogen) atoms. The number of anilines is 7. The standard InChI is InChI=1S/C55H61Br2N17O9S/c1-67(2)15-11-14-58-49(77)38-17-31(24-69(38)4)60-51(79)40-19-33(26-71(40)6)62-53(81)42-21-35(28-73(42)8)64-55(83)48-66-45(29-74(48)9)65-46(76)13-10-12-43(75)37-16-30(23-68(37)3)59-50(78)39-18-32(25-70(39)5)61-52(80)41-20-34(27-72(41)7)63-54(82)44-22-36(56)47(57)84-44/h16-29H,10-15H2,1-9H3,(H,58,77)(H,59,78)(H,60,79)(H,61,80)(H,62,81)(H,63,82)(H,64,83)(H,65,76). The molecule has 8 N–H and O–H groups in total. The van der Waals surface area contributed by atoms with E-state index in [1.165, 1.54) is 50.9 Å².